The Balaban J connectivity index is 4.74. The van der Waals surface area contributed by atoms with E-state index in [1.807, 2.05) is 0 Å². The van der Waals surface area contributed by atoms with Crippen LogP contribution < -0.4 is 0 Å². The quantitative estimate of drug-likeness (QED) is 0.0197. The predicted molar refractivity (Wildman–Crippen MR) is 325 cm³/mol. The fourth-order valence-corrected chi connectivity index (χ4v) is 9.38. The molecule has 450 valence electrons. The number of rotatable bonds is 58. The molecule has 0 spiro atoms. The van der Waals surface area contributed by atoms with Crippen LogP contribution in [-0.4, -0.2) is 66.5 Å². The summed E-state index contributed by atoms with van der Waals surface area (Å²) in [5.74, 6) is -1.51. The van der Waals surface area contributed by atoms with Gasteiger partial charge in [0.25, 0.3) is 0 Å². The molecule has 0 aliphatic carbocycles. The smallest absolute Gasteiger partial charge is 0.462 e. The summed E-state index contributed by atoms with van der Waals surface area (Å²) in [4.78, 5) is 48.7. The van der Waals surface area contributed by atoms with Crippen LogP contribution in [0.1, 0.15) is 278 Å². The van der Waals surface area contributed by atoms with Crippen molar-refractivity contribution in [2.75, 3.05) is 26.4 Å². The van der Waals surface area contributed by atoms with Gasteiger partial charge < -0.3 is 24.2 Å². The first kappa shape index (κ1) is 74.7. The molecule has 0 aliphatic rings. The van der Waals surface area contributed by atoms with Gasteiger partial charge in [0, 0.05) is 19.3 Å². The highest BCUT2D eigenvalue weighted by atomic mass is 31.2. The Morgan fingerprint density at radius 1 is 0.372 bits per heavy atom. The minimum atomic E-state index is -4.77. The van der Waals surface area contributed by atoms with Crippen molar-refractivity contribution >= 4 is 25.7 Å². The molecule has 0 aromatic rings. The van der Waals surface area contributed by atoms with Gasteiger partial charge in [-0.05, 0) is 89.9 Å². The number of phosphoric acid groups is 1. The first-order valence-corrected chi connectivity index (χ1v) is 33.0. The van der Waals surface area contributed by atoms with Crippen LogP contribution in [0, 0.1) is 0 Å². The van der Waals surface area contributed by atoms with Crippen molar-refractivity contribution < 1.29 is 52.2 Å². The van der Waals surface area contributed by atoms with Crippen LogP contribution in [0.4, 0.5) is 0 Å². The number of phosphoric ester groups is 1. The molecule has 0 fully saturated rings. The maximum Gasteiger partial charge on any atom is 0.472 e. The Morgan fingerprint density at radius 3 is 1.05 bits per heavy atom. The lowest BCUT2D eigenvalue weighted by Gasteiger charge is -2.21. The normalized spacial score (nSPS) is 13.9. The molecule has 0 bridgehead atoms. The van der Waals surface area contributed by atoms with Crippen molar-refractivity contribution in [1.82, 2.24) is 0 Å². The number of hydrogen-bond acceptors (Lipinski definition) is 10. The third-order valence-corrected chi connectivity index (χ3v) is 14.3. The van der Waals surface area contributed by atoms with Gasteiger partial charge in [-0.15, -0.1) is 0 Å². The second-order valence-corrected chi connectivity index (χ2v) is 22.3. The standard InChI is InChI=1S/C66H115O11P/c1-4-7-10-13-16-19-22-25-28-30-31-33-36-39-42-45-48-51-54-57-66(70)77-63(59-73-64(68)55-52-49-46-43-40-37-35-32-29-26-23-20-17-14-11-8-5-2)61-75-78(71,72)74-60-62(58-67)76-65(69)56-53-50-47-44-41-38-34-27-24-21-18-15-12-9-6-3/h8-9,11-12,17-18,20-21,26-27,29,34,41,44,62-63,67H,4-7,10,13-16,19,22-25,28,30-33,35-40,42-43,45-61H2,1-3H3,(H,71,72)/b11-8-,12-9-,20-17-,21-18-,29-26-,34-27-,44-41-. The molecule has 0 rings (SSSR count). The van der Waals surface area contributed by atoms with E-state index in [-0.39, 0.29) is 25.9 Å². The number of carbonyl (C=O) groups excluding carboxylic acids is 3. The fraction of sp³-hybridized carbons (Fsp3) is 0.742. The van der Waals surface area contributed by atoms with E-state index in [0.717, 1.165) is 109 Å². The molecule has 0 aromatic heterocycles. The highest BCUT2D eigenvalue weighted by molar-refractivity contribution is 7.47. The number of ether oxygens (including phenoxy) is 3. The second kappa shape index (κ2) is 59.8. The first-order chi connectivity index (χ1) is 38.2. The molecule has 0 amide bonds. The number of aliphatic hydroxyl groups is 1. The second-order valence-electron chi connectivity index (χ2n) is 20.8. The third kappa shape index (κ3) is 57.3. The molecule has 0 aliphatic heterocycles. The van der Waals surface area contributed by atoms with Crippen LogP contribution in [0.2, 0.25) is 0 Å². The molecule has 0 saturated carbocycles. The Hall–Kier alpha value is -3.34. The van der Waals surface area contributed by atoms with Gasteiger partial charge in [0.05, 0.1) is 19.8 Å². The van der Waals surface area contributed by atoms with Crippen LogP contribution in [0.3, 0.4) is 0 Å². The molecule has 2 N–H and O–H groups in total. The molecule has 3 unspecified atom stereocenters. The Bertz CT molecular complexity index is 1630. The van der Waals surface area contributed by atoms with Crippen molar-refractivity contribution in [3.63, 3.8) is 0 Å². The number of hydrogen-bond donors (Lipinski definition) is 2. The van der Waals surface area contributed by atoms with E-state index in [1.165, 1.54) is 109 Å². The lowest BCUT2D eigenvalue weighted by Crippen LogP contribution is -2.30. The molecular formula is C66H115O11P. The maximum absolute atomic E-state index is 13.0. The van der Waals surface area contributed by atoms with Crippen molar-refractivity contribution in [3.05, 3.63) is 85.1 Å². The summed E-state index contributed by atoms with van der Waals surface area (Å²) in [5, 5.41) is 9.83. The lowest BCUT2D eigenvalue weighted by molar-refractivity contribution is -0.161. The molecule has 11 nitrogen and oxygen atoms in total. The van der Waals surface area contributed by atoms with Gasteiger partial charge in [0.15, 0.2) is 6.10 Å². The minimum absolute atomic E-state index is 0.123. The van der Waals surface area contributed by atoms with Gasteiger partial charge in [0.2, 0.25) is 0 Å². The number of carbonyl (C=O) groups is 3. The zero-order valence-electron chi connectivity index (χ0n) is 49.9. The van der Waals surface area contributed by atoms with Gasteiger partial charge in [-0.2, -0.15) is 0 Å². The van der Waals surface area contributed by atoms with E-state index < -0.39 is 57.8 Å². The lowest BCUT2D eigenvalue weighted by atomic mass is 10.0. The van der Waals surface area contributed by atoms with Gasteiger partial charge in [0.1, 0.15) is 12.7 Å². The Labute approximate surface area is 477 Å². The van der Waals surface area contributed by atoms with E-state index in [1.54, 1.807) is 0 Å². The van der Waals surface area contributed by atoms with Crippen LogP contribution in [0.25, 0.3) is 0 Å². The van der Waals surface area contributed by atoms with Gasteiger partial charge in [-0.3, -0.25) is 23.4 Å². The van der Waals surface area contributed by atoms with Crippen LogP contribution in [0.5, 0.6) is 0 Å². The SMILES string of the molecule is CC/C=C\C/C=C\C/C=C\C/C=C\CCCCC(=O)OC(CO)COP(=O)(O)OCC(COC(=O)CCCCCCCCC/C=C\C/C=C\C/C=C\CC)OC(=O)CCCCCCCCCCCCCCCCCCCCC. The van der Waals surface area contributed by atoms with Gasteiger partial charge in [-0.25, -0.2) is 4.57 Å². The van der Waals surface area contributed by atoms with Gasteiger partial charge >= 0.3 is 25.7 Å². The average molecular weight is 1120 g/mol. The van der Waals surface area contributed by atoms with Crippen LogP contribution in [0.15, 0.2) is 85.1 Å². The molecule has 78 heavy (non-hydrogen) atoms. The highest BCUT2D eigenvalue weighted by Crippen LogP contribution is 2.43. The largest absolute Gasteiger partial charge is 0.472 e. The van der Waals surface area contributed by atoms with Crippen LogP contribution >= 0.6 is 7.82 Å². The van der Waals surface area contributed by atoms with Gasteiger partial charge in [-0.1, -0.05) is 254 Å². The summed E-state index contributed by atoms with van der Waals surface area (Å²) < 4.78 is 39.6. The molecule has 0 saturated heterocycles. The number of aliphatic hydroxyl groups excluding tert-OH is 1. The first-order valence-electron chi connectivity index (χ1n) is 31.5. The van der Waals surface area contributed by atoms with E-state index in [9.17, 15) is 28.9 Å². The van der Waals surface area contributed by atoms with E-state index in [4.69, 9.17) is 23.3 Å². The fourth-order valence-electron chi connectivity index (χ4n) is 8.60. The summed E-state index contributed by atoms with van der Waals surface area (Å²) in [7, 11) is -4.77. The van der Waals surface area contributed by atoms with Crippen molar-refractivity contribution in [2.45, 2.75) is 290 Å². The maximum atomic E-state index is 13.0. The van der Waals surface area contributed by atoms with Crippen molar-refractivity contribution in [3.8, 4) is 0 Å². The monoisotopic (exact) mass is 1110 g/mol. The molecule has 0 radical (unpaired) electrons. The van der Waals surface area contributed by atoms with E-state index >= 15 is 0 Å². The number of unbranched alkanes of at least 4 members (excludes halogenated alkanes) is 27. The number of allylic oxidation sites excluding steroid dienone is 14. The average Bonchev–Trinajstić information content (AvgIpc) is 3.43. The minimum Gasteiger partial charge on any atom is -0.462 e. The van der Waals surface area contributed by atoms with Crippen molar-refractivity contribution in [1.29, 1.82) is 0 Å². The molecule has 12 heteroatoms. The van der Waals surface area contributed by atoms with Crippen molar-refractivity contribution in [2.24, 2.45) is 0 Å². The summed E-state index contributed by atoms with van der Waals surface area (Å²) in [6.07, 6.45) is 69.7. The topological polar surface area (TPSA) is 155 Å². The molecule has 0 heterocycles. The third-order valence-electron chi connectivity index (χ3n) is 13.3. The van der Waals surface area contributed by atoms with Crippen LogP contribution in [-0.2, 0) is 42.2 Å². The summed E-state index contributed by atoms with van der Waals surface area (Å²) >= 11 is 0. The summed E-state index contributed by atoms with van der Waals surface area (Å²) in [6, 6.07) is 0. The zero-order valence-corrected chi connectivity index (χ0v) is 50.8. The zero-order chi connectivity index (χ0) is 56.9. The van der Waals surface area contributed by atoms with E-state index in [2.05, 4.69) is 106 Å². The predicted octanol–water partition coefficient (Wildman–Crippen LogP) is 19.0. The number of esters is 3. The highest BCUT2D eigenvalue weighted by Gasteiger charge is 2.28. The molecule has 3 atom stereocenters. The summed E-state index contributed by atoms with van der Waals surface area (Å²) in [5.41, 5.74) is 0. The summed E-state index contributed by atoms with van der Waals surface area (Å²) in [6.45, 7) is 4.40. The van der Waals surface area contributed by atoms with E-state index in [0.29, 0.717) is 19.3 Å². The molecular weight excluding hydrogens is 1000 g/mol. The Morgan fingerprint density at radius 2 is 0.667 bits per heavy atom. The molecule has 0 aromatic carbocycles. The Kier molecular flexibility index (Phi) is 57.2.